The Morgan fingerprint density at radius 3 is 2.80 bits per heavy atom. The zero-order valence-corrected chi connectivity index (χ0v) is 9.41. The number of aliphatic carboxylic acids is 1. The van der Waals surface area contributed by atoms with Gasteiger partial charge in [-0.3, -0.25) is 0 Å². The van der Waals surface area contributed by atoms with Gasteiger partial charge in [-0.15, -0.1) is 0 Å². The van der Waals surface area contributed by atoms with Crippen LogP contribution in [-0.4, -0.2) is 17.2 Å². The second kappa shape index (κ2) is 5.03. The fourth-order valence-electron chi connectivity index (χ4n) is 1.17. The Labute approximate surface area is 93.6 Å². The Morgan fingerprint density at radius 1 is 1.60 bits per heavy atom. The van der Waals surface area contributed by atoms with Crippen molar-refractivity contribution in [2.75, 3.05) is 0 Å². The fourth-order valence-corrected chi connectivity index (χ4v) is 1.34. The maximum absolute atomic E-state index is 10.8. The van der Waals surface area contributed by atoms with Crippen molar-refractivity contribution in [3.63, 3.8) is 0 Å². The van der Waals surface area contributed by atoms with E-state index in [0.29, 0.717) is 17.2 Å². The first-order valence-electron chi connectivity index (χ1n) is 4.70. The Hall–Kier alpha value is -1.22. The number of carboxylic acids is 1. The largest absolute Gasteiger partial charge is 0.479 e. The molecule has 0 saturated heterocycles. The van der Waals surface area contributed by atoms with Crippen molar-refractivity contribution in [1.82, 2.24) is 0 Å². The lowest BCUT2D eigenvalue weighted by atomic mass is 10.2. The summed E-state index contributed by atoms with van der Waals surface area (Å²) in [6, 6.07) is 5.29. The minimum Gasteiger partial charge on any atom is -0.479 e. The Balaban J connectivity index is 2.88. The van der Waals surface area contributed by atoms with E-state index in [1.165, 1.54) is 0 Å². The van der Waals surface area contributed by atoms with E-state index in [-0.39, 0.29) is 0 Å². The smallest absolute Gasteiger partial charge is 0.344 e. The van der Waals surface area contributed by atoms with Gasteiger partial charge in [0.2, 0.25) is 0 Å². The lowest BCUT2D eigenvalue weighted by Crippen LogP contribution is -2.26. The molecule has 1 aromatic carbocycles. The van der Waals surface area contributed by atoms with Gasteiger partial charge in [0.25, 0.3) is 0 Å². The highest BCUT2D eigenvalue weighted by Gasteiger charge is 2.18. The van der Waals surface area contributed by atoms with Crippen molar-refractivity contribution in [3.05, 3.63) is 28.8 Å². The van der Waals surface area contributed by atoms with E-state index in [0.717, 1.165) is 5.56 Å². The van der Waals surface area contributed by atoms with Crippen LogP contribution in [0.5, 0.6) is 5.75 Å². The predicted octanol–water partition coefficient (Wildman–Crippen LogP) is 2.89. The van der Waals surface area contributed by atoms with Gasteiger partial charge in [0, 0.05) is 0 Å². The molecule has 1 rings (SSSR count). The highest BCUT2D eigenvalue weighted by atomic mass is 35.5. The summed E-state index contributed by atoms with van der Waals surface area (Å²) in [6.45, 7) is 3.60. The van der Waals surface area contributed by atoms with Gasteiger partial charge >= 0.3 is 5.97 Å². The number of carbonyl (C=O) groups is 1. The van der Waals surface area contributed by atoms with Gasteiger partial charge < -0.3 is 9.84 Å². The van der Waals surface area contributed by atoms with Gasteiger partial charge in [0.05, 0.1) is 5.02 Å². The van der Waals surface area contributed by atoms with Crippen LogP contribution in [0.2, 0.25) is 5.02 Å². The average molecular weight is 229 g/mol. The third-order valence-electron chi connectivity index (χ3n) is 2.07. The first-order valence-corrected chi connectivity index (χ1v) is 5.08. The highest BCUT2D eigenvalue weighted by molar-refractivity contribution is 6.32. The molecule has 82 valence electrons. The van der Waals surface area contributed by atoms with Crippen LogP contribution < -0.4 is 4.74 Å². The zero-order chi connectivity index (χ0) is 11.4. The highest BCUT2D eigenvalue weighted by Crippen LogP contribution is 2.28. The number of carboxylic acid groups (broad SMARTS) is 1. The summed E-state index contributed by atoms with van der Waals surface area (Å²) in [7, 11) is 0. The average Bonchev–Trinajstić information content (AvgIpc) is 2.19. The molecule has 0 saturated carbocycles. The van der Waals surface area contributed by atoms with Gasteiger partial charge in [-0.25, -0.2) is 4.79 Å². The first-order chi connectivity index (χ1) is 7.06. The molecule has 0 aliphatic heterocycles. The zero-order valence-electron chi connectivity index (χ0n) is 8.66. The minimum absolute atomic E-state index is 0.402. The number of hydrogen-bond donors (Lipinski definition) is 1. The summed E-state index contributed by atoms with van der Waals surface area (Å²) in [5.41, 5.74) is 0.870. The van der Waals surface area contributed by atoms with E-state index in [1.807, 2.05) is 13.0 Å². The van der Waals surface area contributed by atoms with Gasteiger partial charge in [-0.2, -0.15) is 0 Å². The standard InChI is InChI=1S/C11H13ClO3/c1-3-8(11(13)14)15-9-6-4-5-7(2)10(9)12/h4-6,8H,3H2,1-2H3,(H,13,14). The molecule has 1 atom stereocenters. The number of ether oxygens (including phenoxy) is 1. The van der Waals surface area contributed by atoms with E-state index < -0.39 is 12.1 Å². The molecule has 0 amide bonds. The fraction of sp³-hybridized carbons (Fsp3) is 0.364. The molecule has 1 aromatic rings. The molecule has 4 heteroatoms. The Morgan fingerprint density at radius 2 is 2.27 bits per heavy atom. The van der Waals surface area contributed by atoms with Crippen LogP contribution in [0.3, 0.4) is 0 Å². The third-order valence-corrected chi connectivity index (χ3v) is 2.56. The second-order valence-corrected chi connectivity index (χ2v) is 3.62. The van der Waals surface area contributed by atoms with E-state index in [2.05, 4.69) is 0 Å². The topological polar surface area (TPSA) is 46.5 Å². The molecule has 0 bridgehead atoms. The second-order valence-electron chi connectivity index (χ2n) is 3.24. The van der Waals surface area contributed by atoms with Crippen molar-refractivity contribution in [2.24, 2.45) is 0 Å². The lowest BCUT2D eigenvalue weighted by molar-refractivity contribution is -0.145. The van der Waals surface area contributed by atoms with Crippen molar-refractivity contribution >= 4 is 17.6 Å². The van der Waals surface area contributed by atoms with Crippen molar-refractivity contribution in [3.8, 4) is 5.75 Å². The van der Waals surface area contributed by atoms with Crippen molar-refractivity contribution in [1.29, 1.82) is 0 Å². The van der Waals surface area contributed by atoms with E-state index >= 15 is 0 Å². The van der Waals surface area contributed by atoms with Crippen molar-refractivity contribution < 1.29 is 14.6 Å². The normalized spacial score (nSPS) is 12.2. The Kier molecular flexibility index (Phi) is 3.97. The molecule has 0 aliphatic carbocycles. The molecule has 0 heterocycles. The first kappa shape index (κ1) is 11.9. The molecule has 1 unspecified atom stereocenters. The summed E-state index contributed by atoms with van der Waals surface area (Å²) in [4.78, 5) is 10.8. The molecule has 0 aromatic heterocycles. The van der Waals surface area contributed by atoms with Gasteiger partial charge in [-0.05, 0) is 25.0 Å². The van der Waals surface area contributed by atoms with Crippen LogP contribution in [0.25, 0.3) is 0 Å². The number of aryl methyl sites for hydroxylation is 1. The summed E-state index contributed by atoms with van der Waals surface area (Å²) in [6.07, 6.45) is -0.441. The van der Waals surface area contributed by atoms with E-state index in [1.54, 1.807) is 19.1 Å². The molecule has 3 nitrogen and oxygen atoms in total. The molecule has 0 aliphatic rings. The monoisotopic (exact) mass is 228 g/mol. The molecular weight excluding hydrogens is 216 g/mol. The molecule has 1 N–H and O–H groups in total. The summed E-state index contributed by atoms with van der Waals surface area (Å²) in [5, 5.41) is 9.30. The maximum atomic E-state index is 10.8. The molecule has 0 radical (unpaired) electrons. The quantitative estimate of drug-likeness (QED) is 0.862. The van der Waals surface area contributed by atoms with Crippen LogP contribution in [0.1, 0.15) is 18.9 Å². The third kappa shape index (κ3) is 2.86. The minimum atomic E-state index is -0.977. The summed E-state index contributed by atoms with van der Waals surface area (Å²) < 4.78 is 5.31. The van der Waals surface area contributed by atoms with Gasteiger partial charge in [0.15, 0.2) is 6.10 Å². The maximum Gasteiger partial charge on any atom is 0.344 e. The molecule has 0 spiro atoms. The van der Waals surface area contributed by atoms with E-state index in [9.17, 15) is 4.79 Å². The lowest BCUT2D eigenvalue weighted by Gasteiger charge is -2.14. The SMILES string of the molecule is CCC(Oc1cccc(C)c1Cl)C(=O)O. The molecule has 0 fully saturated rings. The number of halogens is 1. The Bertz CT molecular complexity index is 363. The van der Waals surface area contributed by atoms with Crippen LogP contribution in [0.4, 0.5) is 0 Å². The number of hydrogen-bond acceptors (Lipinski definition) is 2. The van der Waals surface area contributed by atoms with Crippen LogP contribution in [0.15, 0.2) is 18.2 Å². The predicted molar refractivity (Wildman–Crippen MR) is 58.5 cm³/mol. The number of rotatable bonds is 4. The molecular formula is C11H13ClO3. The molecule has 15 heavy (non-hydrogen) atoms. The van der Waals surface area contributed by atoms with Gasteiger partial charge in [0.1, 0.15) is 5.75 Å². The van der Waals surface area contributed by atoms with E-state index in [4.69, 9.17) is 21.4 Å². The van der Waals surface area contributed by atoms with Gasteiger partial charge in [-0.1, -0.05) is 30.7 Å². The van der Waals surface area contributed by atoms with Crippen molar-refractivity contribution in [2.45, 2.75) is 26.4 Å². The summed E-state index contributed by atoms with van der Waals surface area (Å²) >= 11 is 5.98. The van der Waals surface area contributed by atoms with Crippen LogP contribution in [0, 0.1) is 6.92 Å². The van der Waals surface area contributed by atoms with Crippen LogP contribution >= 0.6 is 11.6 Å². The summed E-state index contributed by atoms with van der Waals surface area (Å²) in [5.74, 6) is -0.555. The number of benzene rings is 1. The van der Waals surface area contributed by atoms with Crippen LogP contribution in [-0.2, 0) is 4.79 Å².